The van der Waals surface area contributed by atoms with Gasteiger partial charge in [0.1, 0.15) is 17.8 Å². The Morgan fingerprint density at radius 1 is 1.00 bits per heavy atom. The van der Waals surface area contributed by atoms with Crippen molar-refractivity contribution in [2.75, 3.05) is 25.1 Å². The van der Waals surface area contributed by atoms with E-state index in [0.29, 0.717) is 37.4 Å². The Morgan fingerprint density at radius 2 is 1.79 bits per heavy atom. The number of carbonyl (C=O) groups excluding carboxylic acids is 3. The molecule has 1 aromatic carbocycles. The van der Waals surface area contributed by atoms with Gasteiger partial charge in [-0.05, 0) is 31.4 Å². The Hall–Kier alpha value is -2.57. The van der Waals surface area contributed by atoms with E-state index in [4.69, 9.17) is 4.74 Å². The molecule has 0 N–H and O–H groups in total. The summed E-state index contributed by atoms with van der Waals surface area (Å²) in [7, 11) is 1.55. The quantitative estimate of drug-likeness (QED) is 0.782. The maximum absolute atomic E-state index is 12.9. The Morgan fingerprint density at radius 3 is 2.54 bits per heavy atom. The number of carbonyl (C=O) groups is 3. The average Bonchev–Trinajstić information content (AvgIpc) is 3.27. The van der Waals surface area contributed by atoms with Crippen molar-refractivity contribution in [1.29, 1.82) is 0 Å². The van der Waals surface area contributed by atoms with Crippen LogP contribution >= 0.6 is 0 Å². The molecule has 0 aliphatic carbocycles. The van der Waals surface area contributed by atoms with Crippen molar-refractivity contribution >= 4 is 23.5 Å². The maximum atomic E-state index is 12.9. The van der Waals surface area contributed by atoms with E-state index in [0.717, 1.165) is 6.42 Å². The first-order chi connectivity index (χ1) is 11.6. The zero-order valence-electron chi connectivity index (χ0n) is 13.5. The van der Waals surface area contributed by atoms with Crippen LogP contribution in [0.4, 0.5) is 10.5 Å². The molecule has 126 valence electrons. The van der Waals surface area contributed by atoms with Crippen molar-refractivity contribution in [1.82, 2.24) is 9.80 Å². The molecule has 0 aromatic heterocycles. The summed E-state index contributed by atoms with van der Waals surface area (Å²) in [5.41, 5.74) is 0.673. The molecule has 3 heterocycles. The lowest BCUT2D eigenvalue weighted by Gasteiger charge is -2.23. The maximum Gasteiger partial charge on any atom is 0.328 e. The summed E-state index contributed by atoms with van der Waals surface area (Å²) in [5.74, 6) is 0.159. The highest BCUT2D eigenvalue weighted by atomic mass is 16.5. The van der Waals surface area contributed by atoms with Crippen molar-refractivity contribution < 1.29 is 19.1 Å². The molecule has 3 saturated heterocycles. The Labute approximate surface area is 139 Å². The largest absolute Gasteiger partial charge is 0.495 e. The van der Waals surface area contributed by atoms with E-state index in [1.165, 1.54) is 4.90 Å². The third-order valence-corrected chi connectivity index (χ3v) is 5.09. The summed E-state index contributed by atoms with van der Waals surface area (Å²) >= 11 is 0. The van der Waals surface area contributed by atoms with Crippen LogP contribution in [0.5, 0.6) is 5.75 Å². The zero-order chi connectivity index (χ0) is 16.8. The minimum absolute atomic E-state index is 0.220. The molecular weight excluding hydrogens is 310 g/mol. The van der Waals surface area contributed by atoms with Gasteiger partial charge in [-0.3, -0.25) is 9.59 Å². The molecule has 0 radical (unpaired) electrons. The minimum Gasteiger partial charge on any atom is -0.495 e. The summed E-state index contributed by atoms with van der Waals surface area (Å²) in [4.78, 5) is 42.4. The van der Waals surface area contributed by atoms with Gasteiger partial charge >= 0.3 is 6.03 Å². The van der Waals surface area contributed by atoms with Crippen molar-refractivity contribution in [2.45, 2.75) is 31.3 Å². The van der Waals surface area contributed by atoms with Gasteiger partial charge in [-0.1, -0.05) is 12.1 Å². The first-order valence-electron chi connectivity index (χ1n) is 8.21. The molecule has 1 aromatic rings. The van der Waals surface area contributed by atoms with Crippen molar-refractivity contribution in [3.05, 3.63) is 24.3 Å². The number of hydrogen-bond acceptors (Lipinski definition) is 4. The average molecular weight is 329 g/mol. The number of para-hydroxylation sites is 2. The van der Waals surface area contributed by atoms with Crippen molar-refractivity contribution in [2.24, 2.45) is 0 Å². The number of rotatable bonds is 3. The molecule has 4 rings (SSSR count). The van der Waals surface area contributed by atoms with E-state index in [2.05, 4.69) is 0 Å². The summed E-state index contributed by atoms with van der Waals surface area (Å²) in [6, 6.07) is 5.88. The van der Waals surface area contributed by atoms with E-state index in [1.54, 1.807) is 23.0 Å². The lowest BCUT2D eigenvalue weighted by molar-refractivity contribution is -0.133. The van der Waals surface area contributed by atoms with Gasteiger partial charge in [0.05, 0.1) is 12.8 Å². The molecule has 3 aliphatic rings. The summed E-state index contributed by atoms with van der Waals surface area (Å²) in [6.07, 6.45) is 2.00. The second kappa shape index (κ2) is 5.51. The van der Waals surface area contributed by atoms with Gasteiger partial charge in [0, 0.05) is 13.1 Å². The lowest BCUT2D eigenvalue weighted by Crippen LogP contribution is -2.46. The number of imide groups is 1. The van der Waals surface area contributed by atoms with Gasteiger partial charge in [-0.15, -0.1) is 0 Å². The number of methoxy groups -OCH3 is 1. The van der Waals surface area contributed by atoms with Crippen LogP contribution < -0.4 is 9.64 Å². The van der Waals surface area contributed by atoms with Gasteiger partial charge in [-0.2, -0.15) is 0 Å². The number of anilines is 1. The first-order valence-corrected chi connectivity index (χ1v) is 8.21. The standard InChI is InChI=1S/C17H19N3O4/c1-24-14-7-3-2-5-11(14)18-10-8-13(15(18)21)20-16(22)12-6-4-9-19(12)17(20)23/h2-3,5,7,12-13H,4,6,8-10H2,1H3/t12-,13?/m0/s1. The van der Waals surface area contributed by atoms with Crippen LogP contribution in [0.2, 0.25) is 0 Å². The van der Waals surface area contributed by atoms with Crippen LogP contribution in [-0.2, 0) is 9.59 Å². The van der Waals surface area contributed by atoms with Crippen LogP contribution in [0, 0.1) is 0 Å². The fraction of sp³-hybridized carbons (Fsp3) is 0.471. The SMILES string of the molecule is COc1ccccc1N1CCC(N2C(=O)[C@@H]3CCCN3C2=O)C1=O. The molecule has 0 bridgehead atoms. The minimum atomic E-state index is -0.708. The predicted molar refractivity (Wildman–Crippen MR) is 85.7 cm³/mol. The molecule has 0 saturated carbocycles. The predicted octanol–water partition coefficient (Wildman–Crippen LogP) is 1.23. The number of urea groups is 1. The number of hydrogen-bond donors (Lipinski definition) is 0. The summed E-state index contributed by atoms with van der Waals surface area (Å²) < 4.78 is 5.32. The molecule has 7 nitrogen and oxygen atoms in total. The second-order valence-electron chi connectivity index (χ2n) is 6.31. The van der Waals surface area contributed by atoms with Gasteiger partial charge in [0.2, 0.25) is 0 Å². The molecular formula is C17H19N3O4. The molecule has 3 fully saturated rings. The van der Waals surface area contributed by atoms with E-state index in [9.17, 15) is 14.4 Å². The Bertz CT molecular complexity index is 698. The van der Waals surface area contributed by atoms with Crippen molar-refractivity contribution in [3.63, 3.8) is 0 Å². The van der Waals surface area contributed by atoms with E-state index in [1.807, 2.05) is 18.2 Å². The van der Waals surface area contributed by atoms with Gasteiger partial charge in [-0.25, -0.2) is 9.69 Å². The number of benzene rings is 1. The molecule has 4 amide bonds. The van der Waals surface area contributed by atoms with Gasteiger partial charge < -0.3 is 14.5 Å². The number of amides is 4. The summed E-state index contributed by atoms with van der Waals surface area (Å²) in [6.45, 7) is 1.06. The number of ether oxygens (including phenoxy) is 1. The Balaban J connectivity index is 1.60. The molecule has 24 heavy (non-hydrogen) atoms. The van der Waals surface area contributed by atoms with Gasteiger partial charge in [0.25, 0.3) is 11.8 Å². The molecule has 1 unspecified atom stereocenters. The van der Waals surface area contributed by atoms with Crippen LogP contribution in [0.15, 0.2) is 24.3 Å². The molecule has 3 aliphatic heterocycles. The highest BCUT2D eigenvalue weighted by Crippen LogP contribution is 2.35. The topological polar surface area (TPSA) is 70.2 Å². The third-order valence-electron chi connectivity index (χ3n) is 5.09. The zero-order valence-corrected chi connectivity index (χ0v) is 13.5. The monoisotopic (exact) mass is 329 g/mol. The van der Waals surface area contributed by atoms with Gasteiger partial charge in [0.15, 0.2) is 0 Å². The third kappa shape index (κ3) is 2.00. The smallest absolute Gasteiger partial charge is 0.328 e. The number of nitrogens with zero attached hydrogens (tertiary/aromatic N) is 3. The molecule has 7 heteroatoms. The fourth-order valence-corrected chi connectivity index (χ4v) is 3.93. The van der Waals surface area contributed by atoms with Crippen LogP contribution in [0.3, 0.4) is 0 Å². The first kappa shape index (κ1) is 15.0. The normalized spacial score (nSPS) is 26.5. The van der Waals surface area contributed by atoms with Crippen molar-refractivity contribution in [3.8, 4) is 5.75 Å². The Kier molecular flexibility index (Phi) is 3.44. The summed E-state index contributed by atoms with van der Waals surface area (Å²) in [5, 5.41) is 0. The van der Waals surface area contributed by atoms with Crippen LogP contribution in [-0.4, -0.2) is 59.9 Å². The lowest BCUT2D eigenvalue weighted by atomic mass is 10.1. The van der Waals surface area contributed by atoms with E-state index in [-0.39, 0.29) is 23.9 Å². The van der Waals surface area contributed by atoms with Crippen LogP contribution in [0.1, 0.15) is 19.3 Å². The van der Waals surface area contributed by atoms with Crippen LogP contribution in [0.25, 0.3) is 0 Å². The van der Waals surface area contributed by atoms with E-state index >= 15 is 0 Å². The highest BCUT2D eigenvalue weighted by Gasteiger charge is 2.53. The molecule has 0 spiro atoms. The second-order valence-corrected chi connectivity index (χ2v) is 6.31. The van der Waals surface area contributed by atoms with E-state index < -0.39 is 6.04 Å². The highest BCUT2D eigenvalue weighted by molar-refractivity contribution is 6.11. The number of fused-ring (bicyclic) bond motifs is 1. The fourth-order valence-electron chi connectivity index (χ4n) is 3.93. The molecule has 2 atom stereocenters.